The molecule has 0 amide bonds. The number of H-pyrrole nitrogens is 1. The molecule has 8 heteroatoms. The number of nitrogens with zero attached hydrogens (tertiary/aromatic N) is 3. The maximum absolute atomic E-state index is 14.3. The molecule has 0 aliphatic carbocycles. The van der Waals surface area contributed by atoms with E-state index in [0.29, 0.717) is 28.1 Å². The normalized spacial score (nSPS) is 12.6. The fourth-order valence-corrected chi connectivity index (χ4v) is 3.26. The molecule has 2 heterocycles. The Bertz CT molecular complexity index is 932. The number of halogens is 1. The average molecular weight is 359 g/mol. The van der Waals surface area contributed by atoms with E-state index < -0.39 is 14.1 Å². The van der Waals surface area contributed by atoms with Crippen molar-refractivity contribution in [1.82, 2.24) is 20.2 Å². The van der Waals surface area contributed by atoms with Gasteiger partial charge in [-0.2, -0.15) is 5.10 Å². The van der Waals surface area contributed by atoms with E-state index in [0.717, 1.165) is 0 Å². The highest BCUT2D eigenvalue weighted by atomic mass is 28.4. The van der Waals surface area contributed by atoms with E-state index in [4.69, 9.17) is 10.2 Å². The molecular weight excluding hydrogens is 337 g/mol. The maximum Gasteiger partial charge on any atom is 0.250 e. The van der Waals surface area contributed by atoms with Gasteiger partial charge in [-0.05, 0) is 36.3 Å². The third-order valence-corrected chi connectivity index (χ3v) is 9.11. The molecule has 3 rings (SSSR count). The molecule has 132 valence electrons. The van der Waals surface area contributed by atoms with Crippen molar-refractivity contribution in [2.24, 2.45) is 0 Å². The Labute approximate surface area is 146 Å². The second kappa shape index (κ2) is 5.80. The lowest BCUT2D eigenvalue weighted by Gasteiger charge is -2.36. The van der Waals surface area contributed by atoms with Crippen LogP contribution in [0.25, 0.3) is 22.3 Å². The van der Waals surface area contributed by atoms with Crippen LogP contribution in [0.3, 0.4) is 0 Å². The molecule has 3 N–H and O–H groups in total. The zero-order valence-electron chi connectivity index (χ0n) is 15.0. The Kier molecular flexibility index (Phi) is 4.02. The molecule has 2 aromatic heterocycles. The fourth-order valence-electron chi connectivity index (χ4n) is 2.25. The number of nitrogens with two attached hydrogens (primary N) is 1. The minimum Gasteiger partial charge on any atom is -0.542 e. The van der Waals surface area contributed by atoms with Crippen molar-refractivity contribution in [2.45, 2.75) is 38.9 Å². The highest BCUT2D eigenvalue weighted by molar-refractivity contribution is 6.74. The summed E-state index contributed by atoms with van der Waals surface area (Å²) in [5, 5.41) is 7.68. The van der Waals surface area contributed by atoms with Crippen LogP contribution in [0, 0.1) is 5.82 Å². The first-order valence-corrected chi connectivity index (χ1v) is 10.9. The molecule has 0 saturated carbocycles. The zero-order chi connectivity index (χ0) is 18.4. The van der Waals surface area contributed by atoms with Gasteiger partial charge in [-0.25, -0.2) is 14.4 Å². The van der Waals surface area contributed by atoms with Crippen molar-refractivity contribution in [3.8, 4) is 17.0 Å². The summed E-state index contributed by atoms with van der Waals surface area (Å²) < 4.78 is 20.5. The van der Waals surface area contributed by atoms with E-state index in [9.17, 15) is 4.39 Å². The van der Waals surface area contributed by atoms with Gasteiger partial charge in [0, 0.05) is 5.56 Å². The molecule has 0 fully saturated rings. The summed E-state index contributed by atoms with van der Waals surface area (Å²) in [5.74, 6) is 0.165. The van der Waals surface area contributed by atoms with Crippen LogP contribution in [0.4, 0.5) is 10.2 Å². The topological polar surface area (TPSA) is 89.7 Å². The van der Waals surface area contributed by atoms with Crippen molar-refractivity contribution in [2.75, 3.05) is 5.73 Å². The third-order valence-electron chi connectivity index (χ3n) is 4.76. The van der Waals surface area contributed by atoms with Gasteiger partial charge in [-0.3, -0.25) is 5.10 Å². The number of anilines is 1. The molecule has 0 radical (unpaired) electrons. The van der Waals surface area contributed by atoms with E-state index in [-0.39, 0.29) is 10.8 Å². The standard InChI is InChI=1S/C17H22FN5OSi/c1-17(2,3)25(4,5)24-12-8-10(6-7-11(12)18)14-13-15(19)20-9-21-16(13)23-22-14/h6-9H,1-5H3,(H3,19,20,21,22,23). The Morgan fingerprint density at radius 2 is 1.92 bits per heavy atom. The first-order valence-electron chi connectivity index (χ1n) is 8.03. The van der Waals surface area contributed by atoms with Gasteiger partial charge in [-0.1, -0.05) is 20.8 Å². The minimum absolute atomic E-state index is 0.0350. The van der Waals surface area contributed by atoms with Crippen LogP contribution in [-0.4, -0.2) is 28.5 Å². The van der Waals surface area contributed by atoms with E-state index in [2.05, 4.69) is 54.0 Å². The smallest absolute Gasteiger partial charge is 0.250 e. The van der Waals surface area contributed by atoms with Gasteiger partial charge < -0.3 is 10.2 Å². The SMILES string of the molecule is CC(C)(C)[Si](C)(C)Oc1cc(-c2n[nH]c3ncnc(N)c23)ccc1F. The average Bonchev–Trinajstić information content (AvgIpc) is 2.93. The van der Waals surface area contributed by atoms with E-state index in [1.807, 2.05) is 0 Å². The highest BCUT2D eigenvalue weighted by Gasteiger charge is 2.39. The van der Waals surface area contributed by atoms with E-state index >= 15 is 0 Å². The second-order valence-electron chi connectivity index (χ2n) is 7.56. The second-order valence-corrected chi connectivity index (χ2v) is 12.3. The molecule has 0 unspecified atom stereocenters. The molecule has 0 bridgehead atoms. The summed E-state index contributed by atoms with van der Waals surface area (Å²) in [4.78, 5) is 8.12. The molecular formula is C17H22FN5OSi. The number of fused-ring (bicyclic) bond motifs is 1. The lowest BCUT2D eigenvalue weighted by atomic mass is 10.1. The van der Waals surface area contributed by atoms with Crippen LogP contribution in [0.2, 0.25) is 18.1 Å². The van der Waals surface area contributed by atoms with Gasteiger partial charge in [0.1, 0.15) is 23.6 Å². The monoisotopic (exact) mass is 359 g/mol. The van der Waals surface area contributed by atoms with Gasteiger partial charge in [0.2, 0.25) is 0 Å². The summed E-state index contributed by atoms with van der Waals surface area (Å²) in [5.41, 5.74) is 7.77. The Morgan fingerprint density at radius 1 is 1.20 bits per heavy atom. The molecule has 0 spiro atoms. The van der Waals surface area contributed by atoms with E-state index in [1.54, 1.807) is 12.1 Å². The van der Waals surface area contributed by atoms with Crippen LogP contribution >= 0.6 is 0 Å². The van der Waals surface area contributed by atoms with Gasteiger partial charge >= 0.3 is 0 Å². The van der Waals surface area contributed by atoms with Crippen LogP contribution in [-0.2, 0) is 0 Å². The quantitative estimate of drug-likeness (QED) is 0.686. The van der Waals surface area contributed by atoms with Crippen molar-refractivity contribution < 1.29 is 8.82 Å². The Hall–Kier alpha value is -2.48. The first-order chi connectivity index (χ1) is 11.6. The number of hydrogen-bond acceptors (Lipinski definition) is 5. The summed E-state index contributed by atoms with van der Waals surface area (Å²) in [6, 6.07) is 4.70. The summed E-state index contributed by atoms with van der Waals surface area (Å²) in [7, 11) is -2.17. The summed E-state index contributed by atoms with van der Waals surface area (Å²) >= 11 is 0. The van der Waals surface area contributed by atoms with Gasteiger partial charge in [0.25, 0.3) is 8.32 Å². The van der Waals surface area contributed by atoms with Crippen molar-refractivity contribution in [3.05, 3.63) is 30.3 Å². The molecule has 0 aliphatic rings. The zero-order valence-corrected chi connectivity index (χ0v) is 16.0. The lowest BCUT2D eigenvalue weighted by molar-refractivity contribution is 0.457. The van der Waals surface area contributed by atoms with Gasteiger partial charge in [0.15, 0.2) is 11.5 Å². The number of benzene rings is 1. The largest absolute Gasteiger partial charge is 0.542 e. The van der Waals surface area contributed by atoms with E-state index in [1.165, 1.54) is 12.4 Å². The molecule has 6 nitrogen and oxygen atoms in total. The van der Waals surface area contributed by atoms with Gasteiger partial charge in [-0.15, -0.1) is 0 Å². The first kappa shape index (κ1) is 17.3. The predicted octanol–water partition coefficient (Wildman–Crippen LogP) is 4.13. The van der Waals surface area contributed by atoms with Crippen LogP contribution in [0.15, 0.2) is 24.5 Å². The number of aromatic amines is 1. The summed E-state index contributed by atoms with van der Waals surface area (Å²) in [6.07, 6.45) is 1.37. The molecule has 25 heavy (non-hydrogen) atoms. The van der Waals surface area contributed by atoms with Crippen molar-refractivity contribution in [3.63, 3.8) is 0 Å². The molecule has 0 aliphatic heterocycles. The third kappa shape index (κ3) is 3.09. The number of aromatic nitrogens is 4. The predicted molar refractivity (Wildman–Crippen MR) is 99.3 cm³/mol. The molecule has 0 atom stereocenters. The number of nitrogens with one attached hydrogen (secondary N) is 1. The van der Waals surface area contributed by atoms with Crippen molar-refractivity contribution in [1.29, 1.82) is 0 Å². The molecule has 3 aromatic rings. The van der Waals surface area contributed by atoms with Crippen LogP contribution < -0.4 is 10.2 Å². The molecule has 0 saturated heterocycles. The number of hydrogen-bond donors (Lipinski definition) is 2. The summed E-state index contributed by atoms with van der Waals surface area (Å²) in [6.45, 7) is 10.5. The Morgan fingerprint density at radius 3 is 2.60 bits per heavy atom. The maximum atomic E-state index is 14.3. The minimum atomic E-state index is -2.17. The number of rotatable bonds is 3. The lowest BCUT2D eigenvalue weighted by Crippen LogP contribution is -2.44. The van der Waals surface area contributed by atoms with Gasteiger partial charge in [0.05, 0.1) is 5.39 Å². The fraction of sp³-hybridized carbons (Fsp3) is 0.353. The van der Waals surface area contributed by atoms with Crippen LogP contribution in [0.5, 0.6) is 5.75 Å². The highest BCUT2D eigenvalue weighted by Crippen LogP contribution is 2.39. The Balaban J connectivity index is 2.08. The molecule has 1 aromatic carbocycles. The van der Waals surface area contributed by atoms with Crippen LogP contribution in [0.1, 0.15) is 20.8 Å². The van der Waals surface area contributed by atoms with Crippen molar-refractivity contribution >= 4 is 25.2 Å². The number of nitrogen functional groups attached to an aromatic ring is 1.